The van der Waals surface area contributed by atoms with Gasteiger partial charge in [-0.05, 0) is 31.0 Å². The van der Waals surface area contributed by atoms with Crippen molar-refractivity contribution in [3.8, 4) is 0 Å². The van der Waals surface area contributed by atoms with Crippen molar-refractivity contribution in [1.82, 2.24) is 4.90 Å². The van der Waals surface area contributed by atoms with Gasteiger partial charge in [-0.2, -0.15) is 8.78 Å². The number of nitrogens with zero attached hydrogens (tertiary/aromatic N) is 1. The van der Waals surface area contributed by atoms with Crippen LogP contribution in [0.5, 0.6) is 0 Å². The van der Waals surface area contributed by atoms with E-state index in [-0.39, 0.29) is 17.6 Å². The Labute approximate surface area is 134 Å². The van der Waals surface area contributed by atoms with E-state index in [1.54, 1.807) is 4.90 Å². The quantitative estimate of drug-likeness (QED) is 0.839. The van der Waals surface area contributed by atoms with Crippen molar-refractivity contribution in [3.63, 3.8) is 0 Å². The number of sulfone groups is 1. The summed E-state index contributed by atoms with van der Waals surface area (Å²) in [4.78, 5) is 13.6. The van der Waals surface area contributed by atoms with Crippen molar-refractivity contribution >= 4 is 15.7 Å². The first-order valence-electron chi connectivity index (χ1n) is 7.39. The molecule has 1 atom stereocenters. The normalized spacial score (nSPS) is 19.7. The molecule has 0 bridgehead atoms. The summed E-state index contributed by atoms with van der Waals surface area (Å²) >= 11 is 0. The van der Waals surface area contributed by atoms with Gasteiger partial charge in [0.15, 0.2) is 0 Å². The second kappa shape index (κ2) is 7.35. The minimum Gasteiger partial charge on any atom is -0.376 e. The van der Waals surface area contributed by atoms with Crippen LogP contribution in [0.1, 0.15) is 30.1 Å². The first-order valence-corrected chi connectivity index (χ1v) is 8.94. The van der Waals surface area contributed by atoms with Gasteiger partial charge in [0.2, 0.25) is 9.84 Å². The summed E-state index contributed by atoms with van der Waals surface area (Å²) in [6, 6.07) is 4.81. The molecule has 2 rings (SSSR count). The molecule has 1 fully saturated rings. The van der Waals surface area contributed by atoms with Crippen LogP contribution in [-0.2, 0) is 14.6 Å². The predicted octanol–water partition coefficient (Wildman–Crippen LogP) is 2.32. The van der Waals surface area contributed by atoms with E-state index in [2.05, 4.69) is 0 Å². The molecule has 0 unspecified atom stereocenters. The van der Waals surface area contributed by atoms with Crippen molar-refractivity contribution in [2.45, 2.75) is 36.5 Å². The fourth-order valence-electron chi connectivity index (χ4n) is 2.42. The zero-order valence-electron chi connectivity index (χ0n) is 12.7. The van der Waals surface area contributed by atoms with Gasteiger partial charge in [0.05, 0.1) is 11.0 Å². The smallest absolute Gasteiger partial charge is 0.341 e. The van der Waals surface area contributed by atoms with E-state index < -0.39 is 20.5 Å². The van der Waals surface area contributed by atoms with E-state index in [1.165, 1.54) is 12.1 Å². The number of alkyl halides is 2. The zero-order chi connectivity index (χ0) is 17.0. The number of hydrogen-bond donors (Lipinski definition) is 0. The number of amides is 1. The van der Waals surface area contributed by atoms with Crippen LogP contribution in [0.2, 0.25) is 0 Å². The topological polar surface area (TPSA) is 63.7 Å². The molecular formula is C15H19F2NO4S. The minimum absolute atomic E-state index is 0.0746. The molecule has 1 aliphatic rings. The van der Waals surface area contributed by atoms with E-state index >= 15 is 0 Å². The lowest BCUT2D eigenvalue weighted by atomic mass is 10.1. The standard InChI is InChI=1S/C15H19F2NO4S/c1-2-12-10-18(7-4-8-22-12)14(19)11-5-3-6-13(9-11)23(20,21)15(16)17/h3,5-6,9,12,15H,2,4,7-8,10H2,1H3/t12-/m1/s1. The second-order valence-electron chi connectivity index (χ2n) is 5.34. The third-order valence-electron chi connectivity index (χ3n) is 3.74. The highest BCUT2D eigenvalue weighted by Crippen LogP contribution is 2.21. The third-order valence-corrected chi connectivity index (χ3v) is 5.12. The first-order chi connectivity index (χ1) is 10.9. The van der Waals surface area contributed by atoms with Crippen molar-refractivity contribution < 1.29 is 26.7 Å². The molecular weight excluding hydrogens is 328 g/mol. The van der Waals surface area contributed by atoms with Crippen LogP contribution >= 0.6 is 0 Å². The van der Waals surface area contributed by atoms with Gasteiger partial charge in [-0.15, -0.1) is 0 Å². The maximum Gasteiger partial charge on any atom is 0.341 e. The lowest BCUT2D eigenvalue weighted by Crippen LogP contribution is -2.36. The Bertz CT molecular complexity index is 663. The highest BCUT2D eigenvalue weighted by Gasteiger charge is 2.28. The van der Waals surface area contributed by atoms with E-state index in [9.17, 15) is 22.0 Å². The molecule has 0 spiro atoms. The van der Waals surface area contributed by atoms with Gasteiger partial charge in [-0.25, -0.2) is 8.42 Å². The van der Waals surface area contributed by atoms with Crippen LogP contribution in [0.3, 0.4) is 0 Å². The zero-order valence-corrected chi connectivity index (χ0v) is 13.6. The van der Waals surface area contributed by atoms with Gasteiger partial charge >= 0.3 is 5.76 Å². The highest BCUT2D eigenvalue weighted by atomic mass is 32.2. The molecule has 128 valence electrons. The Balaban J connectivity index is 2.26. The Morgan fingerprint density at radius 2 is 2.17 bits per heavy atom. The molecule has 1 aliphatic heterocycles. The summed E-state index contributed by atoms with van der Waals surface area (Å²) in [5.74, 6) is -3.89. The van der Waals surface area contributed by atoms with Gasteiger partial charge in [0, 0.05) is 25.3 Å². The Kier molecular flexibility index (Phi) is 5.69. The van der Waals surface area contributed by atoms with Crippen molar-refractivity contribution in [1.29, 1.82) is 0 Å². The Morgan fingerprint density at radius 1 is 1.43 bits per heavy atom. The van der Waals surface area contributed by atoms with E-state index in [0.29, 0.717) is 26.1 Å². The number of hydrogen-bond acceptors (Lipinski definition) is 4. The van der Waals surface area contributed by atoms with Crippen molar-refractivity contribution in [2.75, 3.05) is 19.7 Å². The van der Waals surface area contributed by atoms with Gasteiger partial charge in [-0.3, -0.25) is 4.79 Å². The molecule has 1 saturated heterocycles. The molecule has 0 radical (unpaired) electrons. The van der Waals surface area contributed by atoms with Crippen molar-refractivity contribution in [3.05, 3.63) is 29.8 Å². The largest absolute Gasteiger partial charge is 0.376 e. The lowest BCUT2D eigenvalue weighted by molar-refractivity contribution is 0.0460. The Hall–Kier alpha value is -1.54. The maximum atomic E-state index is 12.6. The number of rotatable bonds is 4. The van der Waals surface area contributed by atoms with Crippen LogP contribution in [0.25, 0.3) is 0 Å². The van der Waals surface area contributed by atoms with E-state index in [4.69, 9.17) is 4.74 Å². The summed E-state index contributed by atoms with van der Waals surface area (Å²) in [7, 11) is -4.72. The number of carbonyl (C=O) groups is 1. The molecule has 23 heavy (non-hydrogen) atoms. The monoisotopic (exact) mass is 347 g/mol. The van der Waals surface area contributed by atoms with Crippen LogP contribution < -0.4 is 0 Å². The van der Waals surface area contributed by atoms with Crippen molar-refractivity contribution in [2.24, 2.45) is 0 Å². The van der Waals surface area contributed by atoms with Crippen LogP contribution in [-0.4, -0.2) is 50.8 Å². The van der Waals surface area contributed by atoms with Gasteiger partial charge < -0.3 is 9.64 Å². The van der Waals surface area contributed by atoms with Gasteiger partial charge in [0.1, 0.15) is 0 Å². The van der Waals surface area contributed by atoms with Crippen LogP contribution in [0, 0.1) is 0 Å². The highest BCUT2D eigenvalue weighted by molar-refractivity contribution is 7.91. The summed E-state index contributed by atoms with van der Waals surface area (Å²) in [6.07, 6.45) is 1.36. The molecule has 5 nitrogen and oxygen atoms in total. The molecule has 1 heterocycles. The maximum absolute atomic E-state index is 12.6. The number of ether oxygens (including phenoxy) is 1. The van der Waals surface area contributed by atoms with Gasteiger partial charge in [0.25, 0.3) is 5.91 Å². The number of benzene rings is 1. The SMILES string of the molecule is CC[C@@H]1CN(C(=O)c2cccc(S(=O)(=O)C(F)F)c2)CCCO1. The second-order valence-corrected chi connectivity index (χ2v) is 7.26. The predicted molar refractivity (Wildman–Crippen MR) is 80.2 cm³/mol. The first kappa shape index (κ1) is 17.8. The van der Waals surface area contributed by atoms with E-state index in [0.717, 1.165) is 18.6 Å². The van der Waals surface area contributed by atoms with E-state index in [1.807, 2.05) is 6.92 Å². The average Bonchev–Trinajstić information content (AvgIpc) is 2.79. The molecule has 0 aromatic heterocycles. The summed E-state index contributed by atoms with van der Waals surface area (Å²) in [5.41, 5.74) is 0.0866. The molecule has 1 aromatic carbocycles. The summed E-state index contributed by atoms with van der Waals surface area (Å²) in [5, 5.41) is 0. The Morgan fingerprint density at radius 3 is 2.83 bits per heavy atom. The lowest BCUT2D eigenvalue weighted by Gasteiger charge is -2.23. The molecule has 8 heteroatoms. The van der Waals surface area contributed by atoms with Crippen LogP contribution in [0.4, 0.5) is 8.78 Å². The third kappa shape index (κ3) is 4.06. The summed E-state index contributed by atoms with van der Waals surface area (Å²) < 4.78 is 53.9. The fourth-order valence-corrected chi connectivity index (χ4v) is 3.18. The molecule has 0 saturated carbocycles. The molecule has 0 N–H and O–H groups in total. The summed E-state index contributed by atoms with van der Waals surface area (Å²) in [6.45, 7) is 3.40. The molecule has 0 aliphatic carbocycles. The average molecular weight is 347 g/mol. The number of carbonyl (C=O) groups excluding carboxylic acids is 1. The van der Waals surface area contributed by atoms with Gasteiger partial charge in [-0.1, -0.05) is 13.0 Å². The minimum atomic E-state index is -4.72. The number of halogens is 2. The van der Waals surface area contributed by atoms with Crippen LogP contribution in [0.15, 0.2) is 29.2 Å². The molecule has 1 aromatic rings. The fraction of sp³-hybridized carbons (Fsp3) is 0.533. The molecule has 1 amide bonds.